The number of para-hydroxylation sites is 1. The molecule has 128 valence electrons. The Morgan fingerprint density at radius 3 is 2.21 bits per heavy atom. The lowest BCUT2D eigenvalue weighted by molar-refractivity contribution is 0.668. The highest BCUT2D eigenvalue weighted by Gasteiger charge is 2.11. The summed E-state index contributed by atoms with van der Waals surface area (Å²) in [7, 11) is 0. The number of nitrogens with zero attached hydrogens (tertiary/aromatic N) is 1. The number of anilines is 1. The van der Waals surface area contributed by atoms with Crippen LogP contribution in [0.1, 0.15) is 12.8 Å². The Morgan fingerprint density at radius 1 is 0.833 bits per heavy atom. The summed E-state index contributed by atoms with van der Waals surface area (Å²) in [6.45, 7) is 2.24. The van der Waals surface area contributed by atoms with Crippen LogP contribution in [-0.4, -0.2) is 37.1 Å². The van der Waals surface area contributed by atoms with Crippen molar-refractivity contribution < 1.29 is 4.42 Å². The van der Waals surface area contributed by atoms with Crippen LogP contribution in [-0.2, 0) is 0 Å². The van der Waals surface area contributed by atoms with Crippen LogP contribution in [0.15, 0.2) is 46.9 Å². The van der Waals surface area contributed by atoms with E-state index >= 15 is 0 Å². The van der Waals surface area contributed by atoms with Crippen LogP contribution in [0, 0.1) is 0 Å². The molecule has 24 heavy (non-hydrogen) atoms. The monoisotopic (exact) mass is 359 g/mol. The van der Waals surface area contributed by atoms with Crippen LogP contribution >= 0.6 is 23.5 Å². The molecule has 0 unspecified atom stereocenters. The van der Waals surface area contributed by atoms with Crippen molar-refractivity contribution in [1.29, 1.82) is 0 Å². The van der Waals surface area contributed by atoms with Gasteiger partial charge in [0.2, 0.25) is 0 Å². The minimum absolute atomic E-state index is 0.973. The Hall–Kier alpha value is -1.26. The van der Waals surface area contributed by atoms with Gasteiger partial charge in [-0.05, 0) is 61.1 Å². The highest BCUT2D eigenvalue weighted by atomic mass is 32.2. The number of benzene rings is 2. The average Bonchev–Trinajstić information content (AvgIpc) is 2.98. The fourth-order valence-corrected chi connectivity index (χ4v) is 3.92. The van der Waals surface area contributed by atoms with Gasteiger partial charge in [-0.1, -0.05) is 18.2 Å². The van der Waals surface area contributed by atoms with Crippen LogP contribution in [0.25, 0.3) is 21.9 Å². The van der Waals surface area contributed by atoms with Crippen molar-refractivity contribution in [2.24, 2.45) is 0 Å². The third-order valence-electron chi connectivity index (χ3n) is 4.28. The molecule has 0 aliphatic rings. The average molecular weight is 360 g/mol. The first-order chi connectivity index (χ1) is 11.8. The fourth-order valence-electron chi connectivity index (χ4n) is 3.08. The van der Waals surface area contributed by atoms with E-state index in [2.05, 4.69) is 47.7 Å². The van der Waals surface area contributed by atoms with Gasteiger partial charge in [-0.3, -0.25) is 0 Å². The van der Waals surface area contributed by atoms with Gasteiger partial charge in [-0.15, -0.1) is 0 Å². The molecule has 0 bridgehead atoms. The Labute approximate surface area is 153 Å². The van der Waals surface area contributed by atoms with E-state index in [1.165, 1.54) is 40.8 Å². The van der Waals surface area contributed by atoms with Crippen LogP contribution in [0.4, 0.5) is 5.69 Å². The molecule has 0 aliphatic heterocycles. The quantitative estimate of drug-likeness (QED) is 0.442. The first-order valence-corrected chi connectivity index (χ1v) is 11.3. The number of fused-ring (bicyclic) bond motifs is 3. The second kappa shape index (κ2) is 8.72. The molecule has 4 heteroatoms. The lowest BCUT2D eigenvalue weighted by Gasteiger charge is -2.25. The lowest BCUT2D eigenvalue weighted by atomic mass is 10.1. The third-order valence-corrected chi connectivity index (χ3v) is 5.67. The zero-order valence-corrected chi connectivity index (χ0v) is 16.1. The predicted molar refractivity (Wildman–Crippen MR) is 112 cm³/mol. The van der Waals surface area contributed by atoms with Crippen molar-refractivity contribution in [3.8, 4) is 0 Å². The van der Waals surface area contributed by atoms with Gasteiger partial charge in [0.15, 0.2) is 0 Å². The Balaban J connectivity index is 1.88. The number of hydrogen-bond donors (Lipinski definition) is 0. The second-order valence-corrected chi connectivity index (χ2v) is 7.93. The van der Waals surface area contributed by atoms with E-state index in [0.29, 0.717) is 0 Å². The van der Waals surface area contributed by atoms with Crippen molar-refractivity contribution in [2.45, 2.75) is 12.8 Å². The molecule has 0 atom stereocenters. The van der Waals surface area contributed by atoms with Crippen LogP contribution in [0.3, 0.4) is 0 Å². The molecule has 0 aliphatic carbocycles. The minimum atomic E-state index is 0.973. The normalized spacial score (nSPS) is 11.4. The van der Waals surface area contributed by atoms with Crippen LogP contribution in [0.5, 0.6) is 0 Å². The zero-order chi connectivity index (χ0) is 16.8. The van der Waals surface area contributed by atoms with Crippen LogP contribution in [0.2, 0.25) is 0 Å². The van der Waals surface area contributed by atoms with Crippen molar-refractivity contribution in [1.82, 2.24) is 0 Å². The van der Waals surface area contributed by atoms with E-state index in [1.807, 2.05) is 35.7 Å². The Bertz CT molecular complexity index is 774. The topological polar surface area (TPSA) is 16.4 Å². The predicted octanol–water partition coefficient (Wildman–Crippen LogP) is 5.90. The van der Waals surface area contributed by atoms with E-state index in [1.54, 1.807) is 0 Å². The molecule has 1 aromatic heterocycles. The molecular formula is C20H25NOS2. The molecule has 0 N–H and O–H groups in total. The van der Waals surface area contributed by atoms with Gasteiger partial charge < -0.3 is 9.32 Å². The van der Waals surface area contributed by atoms with Crippen molar-refractivity contribution in [2.75, 3.05) is 42.0 Å². The van der Waals surface area contributed by atoms with Gasteiger partial charge >= 0.3 is 0 Å². The second-order valence-electron chi connectivity index (χ2n) is 5.96. The number of hydrogen-bond acceptors (Lipinski definition) is 4. The molecule has 0 radical (unpaired) electrons. The number of furan rings is 1. The summed E-state index contributed by atoms with van der Waals surface area (Å²) in [5, 5.41) is 2.44. The summed E-state index contributed by atoms with van der Waals surface area (Å²) >= 11 is 3.85. The highest BCUT2D eigenvalue weighted by Crippen LogP contribution is 2.31. The summed E-state index contributed by atoms with van der Waals surface area (Å²) in [6.07, 6.45) is 6.82. The molecular weight excluding hydrogens is 334 g/mol. The summed E-state index contributed by atoms with van der Waals surface area (Å²) in [5.41, 5.74) is 3.27. The summed E-state index contributed by atoms with van der Waals surface area (Å²) in [5.74, 6) is 2.44. The van der Waals surface area contributed by atoms with E-state index < -0.39 is 0 Å². The van der Waals surface area contributed by atoms with Gasteiger partial charge in [0.25, 0.3) is 0 Å². The van der Waals surface area contributed by atoms with E-state index in [9.17, 15) is 0 Å². The van der Waals surface area contributed by atoms with Gasteiger partial charge in [-0.2, -0.15) is 23.5 Å². The Morgan fingerprint density at radius 2 is 1.50 bits per heavy atom. The maximum absolute atomic E-state index is 5.96. The molecule has 0 saturated heterocycles. The maximum atomic E-state index is 5.96. The van der Waals surface area contributed by atoms with Gasteiger partial charge in [-0.25, -0.2) is 0 Å². The van der Waals surface area contributed by atoms with Gasteiger partial charge in [0.1, 0.15) is 11.2 Å². The van der Waals surface area contributed by atoms with E-state index in [-0.39, 0.29) is 0 Å². The van der Waals surface area contributed by atoms with E-state index in [4.69, 9.17) is 4.42 Å². The first kappa shape index (κ1) is 17.6. The first-order valence-electron chi connectivity index (χ1n) is 8.47. The summed E-state index contributed by atoms with van der Waals surface area (Å²) in [6, 6.07) is 14.9. The Kier molecular flexibility index (Phi) is 6.38. The fraction of sp³-hybridized carbons (Fsp3) is 0.400. The van der Waals surface area contributed by atoms with Crippen molar-refractivity contribution in [3.05, 3.63) is 42.5 Å². The van der Waals surface area contributed by atoms with Crippen molar-refractivity contribution >= 4 is 51.1 Å². The molecule has 2 aromatic carbocycles. The summed E-state index contributed by atoms with van der Waals surface area (Å²) < 4.78 is 5.96. The molecule has 0 fully saturated rings. The molecule has 1 heterocycles. The van der Waals surface area contributed by atoms with E-state index in [0.717, 1.165) is 24.3 Å². The smallest absolute Gasteiger partial charge is 0.135 e. The summed E-state index contributed by atoms with van der Waals surface area (Å²) in [4.78, 5) is 2.54. The maximum Gasteiger partial charge on any atom is 0.135 e. The standard InChI is InChI=1S/C20H25NOS2/c1-23-13-5-11-21(12-6-14-24-2)16-9-10-20-18(15-16)17-7-3-4-8-19(17)22-20/h3-4,7-10,15H,5-6,11-14H2,1-2H3. The van der Waals surface area contributed by atoms with Gasteiger partial charge in [0.05, 0.1) is 0 Å². The lowest BCUT2D eigenvalue weighted by Crippen LogP contribution is -2.26. The molecule has 0 spiro atoms. The van der Waals surface area contributed by atoms with Crippen LogP contribution < -0.4 is 4.90 Å². The zero-order valence-electron chi connectivity index (χ0n) is 14.5. The minimum Gasteiger partial charge on any atom is -0.456 e. The molecule has 3 rings (SSSR count). The molecule has 2 nitrogen and oxygen atoms in total. The molecule has 3 aromatic rings. The highest BCUT2D eigenvalue weighted by molar-refractivity contribution is 7.98. The molecule has 0 amide bonds. The number of thioether (sulfide) groups is 2. The number of rotatable bonds is 9. The molecule has 0 saturated carbocycles. The largest absolute Gasteiger partial charge is 0.456 e. The van der Waals surface area contributed by atoms with Crippen molar-refractivity contribution in [3.63, 3.8) is 0 Å². The third kappa shape index (κ3) is 4.04. The SMILES string of the molecule is CSCCCN(CCCSC)c1ccc2oc3ccccc3c2c1. The van der Waals surface area contributed by atoms with Gasteiger partial charge in [0, 0.05) is 29.5 Å².